The van der Waals surface area contributed by atoms with Gasteiger partial charge in [0.1, 0.15) is 12.2 Å². The number of carbonyl (C=O) groups excluding carboxylic acids is 2. The zero-order valence-corrected chi connectivity index (χ0v) is 16.5. The third-order valence-corrected chi connectivity index (χ3v) is 5.12. The van der Waals surface area contributed by atoms with Gasteiger partial charge in [-0.15, -0.1) is 11.8 Å². The Morgan fingerprint density at radius 1 is 1.22 bits per heavy atom. The Morgan fingerprint density at radius 3 is 2.56 bits per heavy atom. The number of esters is 1. The van der Waals surface area contributed by atoms with Gasteiger partial charge in [0.15, 0.2) is 0 Å². The van der Waals surface area contributed by atoms with Crippen molar-refractivity contribution in [3.63, 3.8) is 0 Å². The second kappa shape index (κ2) is 8.85. The average Bonchev–Trinajstić information content (AvgIpc) is 2.66. The molecule has 0 aromatic carbocycles. The summed E-state index contributed by atoms with van der Waals surface area (Å²) in [5.74, 6) is -0.859. The highest BCUT2D eigenvalue weighted by molar-refractivity contribution is 8.00. The molecule has 0 atom stereocenters. The minimum atomic E-state index is -0.511. The van der Waals surface area contributed by atoms with Crippen LogP contribution in [0.15, 0.2) is 20.7 Å². The molecule has 2 heterocycles. The molecule has 0 aliphatic carbocycles. The standard InChI is InChI=1S/C17H22N4O5S/c1-5-10-7-19-15-13(16(24)21(4)17(25)20(15)3)14(10)27-9-11(22)18-8-12(23)26-6-2/h7H,5-6,8-9H2,1-4H3,(H,18,22). The molecule has 0 aliphatic heterocycles. The molecule has 9 nitrogen and oxygen atoms in total. The molecular formula is C17H22N4O5S. The number of carbonyl (C=O) groups is 2. The quantitative estimate of drug-likeness (QED) is 0.518. The van der Waals surface area contributed by atoms with E-state index in [0.717, 1.165) is 10.1 Å². The lowest BCUT2D eigenvalue weighted by Crippen LogP contribution is -2.37. The number of thioether (sulfide) groups is 1. The summed E-state index contributed by atoms with van der Waals surface area (Å²) in [6.45, 7) is 3.64. The minimum Gasteiger partial charge on any atom is -0.465 e. The molecule has 1 amide bonds. The molecule has 2 aromatic rings. The number of nitrogens with zero attached hydrogens (tertiary/aromatic N) is 3. The van der Waals surface area contributed by atoms with Crippen LogP contribution in [0, 0.1) is 0 Å². The number of ether oxygens (including phenoxy) is 1. The Bertz CT molecular complexity index is 995. The molecule has 0 spiro atoms. The van der Waals surface area contributed by atoms with Gasteiger partial charge >= 0.3 is 11.7 Å². The van der Waals surface area contributed by atoms with Crippen LogP contribution in [0.4, 0.5) is 0 Å². The molecule has 146 valence electrons. The molecule has 2 aromatic heterocycles. The first-order valence-electron chi connectivity index (χ1n) is 8.44. The van der Waals surface area contributed by atoms with Gasteiger partial charge in [0.05, 0.1) is 17.7 Å². The predicted molar refractivity (Wildman–Crippen MR) is 102 cm³/mol. The maximum Gasteiger partial charge on any atom is 0.332 e. The Morgan fingerprint density at radius 2 is 1.93 bits per heavy atom. The third kappa shape index (κ3) is 4.38. The number of pyridine rings is 1. The van der Waals surface area contributed by atoms with Crippen LogP contribution in [-0.4, -0.2) is 44.9 Å². The highest BCUT2D eigenvalue weighted by Crippen LogP contribution is 2.28. The van der Waals surface area contributed by atoms with Gasteiger partial charge in [0.2, 0.25) is 5.91 Å². The molecule has 10 heteroatoms. The van der Waals surface area contributed by atoms with Gasteiger partial charge in [-0.25, -0.2) is 9.78 Å². The molecule has 0 bridgehead atoms. The number of aryl methyl sites for hydroxylation is 2. The Labute approximate surface area is 159 Å². The fourth-order valence-electron chi connectivity index (χ4n) is 2.53. The summed E-state index contributed by atoms with van der Waals surface area (Å²) in [6.07, 6.45) is 2.22. The molecule has 0 radical (unpaired) electrons. The highest BCUT2D eigenvalue weighted by Gasteiger charge is 2.18. The Balaban J connectivity index is 2.34. The first-order chi connectivity index (χ1) is 12.8. The first kappa shape index (κ1) is 20.7. The minimum absolute atomic E-state index is 0.0114. The number of nitrogens with one attached hydrogen (secondary N) is 1. The van der Waals surface area contributed by atoms with Crippen molar-refractivity contribution >= 4 is 34.7 Å². The van der Waals surface area contributed by atoms with Gasteiger partial charge in [-0.2, -0.15) is 0 Å². The lowest BCUT2D eigenvalue weighted by molar-refractivity contribution is -0.143. The van der Waals surface area contributed by atoms with Crippen molar-refractivity contribution in [3.8, 4) is 0 Å². The number of aromatic nitrogens is 3. The van der Waals surface area contributed by atoms with Crippen molar-refractivity contribution in [2.45, 2.75) is 25.2 Å². The molecule has 27 heavy (non-hydrogen) atoms. The maximum atomic E-state index is 12.7. The van der Waals surface area contributed by atoms with E-state index in [4.69, 9.17) is 4.74 Å². The lowest BCUT2D eigenvalue weighted by atomic mass is 10.2. The second-order valence-electron chi connectivity index (χ2n) is 5.74. The number of hydrogen-bond donors (Lipinski definition) is 1. The van der Waals surface area contributed by atoms with Crippen LogP contribution in [0.25, 0.3) is 11.0 Å². The summed E-state index contributed by atoms with van der Waals surface area (Å²) in [4.78, 5) is 53.0. The van der Waals surface area contributed by atoms with Crippen molar-refractivity contribution in [2.24, 2.45) is 14.1 Å². The summed E-state index contributed by atoms with van der Waals surface area (Å²) in [5, 5.41) is 2.79. The van der Waals surface area contributed by atoms with Gasteiger partial charge < -0.3 is 10.1 Å². The molecule has 0 saturated carbocycles. The van der Waals surface area contributed by atoms with Crippen LogP contribution in [0.5, 0.6) is 0 Å². The zero-order chi connectivity index (χ0) is 20.1. The van der Waals surface area contributed by atoms with Crippen LogP contribution < -0.4 is 16.6 Å². The number of amides is 1. The molecular weight excluding hydrogens is 372 g/mol. The predicted octanol–water partition coefficient (Wildman–Crippen LogP) is -0.0340. The average molecular weight is 394 g/mol. The number of fused-ring (bicyclic) bond motifs is 1. The molecule has 0 fully saturated rings. The maximum absolute atomic E-state index is 12.7. The van der Waals surface area contributed by atoms with Crippen LogP contribution in [0.2, 0.25) is 0 Å². The first-order valence-corrected chi connectivity index (χ1v) is 9.43. The van der Waals surface area contributed by atoms with Crippen LogP contribution in [0.1, 0.15) is 19.4 Å². The van der Waals surface area contributed by atoms with E-state index in [9.17, 15) is 19.2 Å². The number of rotatable bonds is 7. The molecule has 0 saturated heterocycles. The van der Waals surface area contributed by atoms with E-state index < -0.39 is 17.2 Å². The van der Waals surface area contributed by atoms with Crippen LogP contribution in [0.3, 0.4) is 0 Å². The molecule has 0 unspecified atom stereocenters. The van der Waals surface area contributed by atoms with Crippen LogP contribution in [-0.2, 0) is 34.8 Å². The van der Waals surface area contributed by atoms with Crippen molar-refractivity contribution < 1.29 is 14.3 Å². The van der Waals surface area contributed by atoms with E-state index >= 15 is 0 Å². The van der Waals surface area contributed by atoms with Gasteiger partial charge in [0.25, 0.3) is 5.56 Å². The Kier molecular flexibility index (Phi) is 6.78. The smallest absolute Gasteiger partial charge is 0.332 e. The summed E-state index contributed by atoms with van der Waals surface area (Å²) < 4.78 is 7.09. The van der Waals surface area contributed by atoms with Crippen molar-refractivity contribution in [1.82, 2.24) is 19.4 Å². The van der Waals surface area contributed by atoms with E-state index in [-0.39, 0.29) is 30.5 Å². The van der Waals surface area contributed by atoms with E-state index in [1.54, 1.807) is 20.2 Å². The van der Waals surface area contributed by atoms with Crippen molar-refractivity contribution in [1.29, 1.82) is 0 Å². The van der Waals surface area contributed by atoms with Crippen LogP contribution >= 0.6 is 11.8 Å². The summed E-state index contributed by atoms with van der Waals surface area (Å²) in [5.41, 5.74) is 0.161. The molecule has 2 rings (SSSR count). The van der Waals surface area contributed by atoms with E-state index in [0.29, 0.717) is 16.7 Å². The van der Waals surface area contributed by atoms with Gasteiger partial charge in [-0.3, -0.25) is 23.5 Å². The third-order valence-electron chi connectivity index (χ3n) is 3.96. The second-order valence-corrected chi connectivity index (χ2v) is 6.73. The zero-order valence-electron chi connectivity index (χ0n) is 15.7. The van der Waals surface area contributed by atoms with Gasteiger partial charge in [-0.1, -0.05) is 6.92 Å². The van der Waals surface area contributed by atoms with E-state index in [1.807, 2.05) is 6.92 Å². The van der Waals surface area contributed by atoms with Gasteiger partial charge in [-0.05, 0) is 18.9 Å². The van der Waals surface area contributed by atoms with E-state index in [2.05, 4.69) is 10.3 Å². The van der Waals surface area contributed by atoms with Crippen molar-refractivity contribution in [2.75, 3.05) is 18.9 Å². The van der Waals surface area contributed by atoms with Gasteiger partial charge in [0, 0.05) is 25.2 Å². The lowest BCUT2D eigenvalue weighted by Gasteiger charge is -2.13. The monoisotopic (exact) mass is 394 g/mol. The Hall–Kier alpha value is -2.62. The molecule has 0 aliphatic rings. The number of hydrogen-bond acceptors (Lipinski definition) is 7. The topological polar surface area (TPSA) is 112 Å². The summed E-state index contributed by atoms with van der Waals surface area (Å²) in [6, 6.07) is 0. The highest BCUT2D eigenvalue weighted by atomic mass is 32.2. The molecule has 1 N–H and O–H groups in total. The van der Waals surface area contributed by atoms with E-state index in [1.165, 1.54) is 23.4 Å². The van der Waals surface area contributed by atoms with Crippen molar-refractivity contribution in [3.05, 3.63) is 32.6 Å². The fourth-order valence-corrected chi connectivity index (χ4v) is 3.61. The summed E-state index contributed by atoms with van der Waals surface area (Å²) in [7, 11) is 2.95. The normalized spacial score (nSPS) is 10.8. The summed E-state index contributed by atoms with van der Waals surface area (Å²) >= 11 is 1.18. The largest absolute Gasteiger partial charge is 0.465 e. The fraction of sp³-hybridized carbons (Fsp3) is 0.471. The SMILES string of the molecule is CCOC(=O)CNC(=O)CSc1c(CC)cnc2c1c(=O)n(C)c(=O)n2C.